The van der Waals surface area contributed by atoms with E-state index in [1.54, 1.807) is 24.3 Å². The van der Waals surface area contributed by atoms with E-state index in [2.05, 4.69) is 31.3 Å². The molecule has 0 unspecified atom stereocenters. The maximum absolute atomic E-state index is 12.3. The first kappa shape index (κ1) is 14.0. The van der Waals surface area contributed by atoms with Gasteiger partial charge in [0.1, 0.15) is 17.6 Å². The zero-order chi connectivity index (χ0) is 15.8. The summed E-state index contributed by atoms with van der Waals surface area (Å²) in [6, 6.07) is 8.78. The van der Waals surface area contributed by atoms with E-state index < -0.39 is 5.97 Å². The molecule has 1 aliphatic heterocycles. The minimum atomic E-state index is -0.460. The van der Waals surface area contributed by atoms with Gasteiger partial charge in [-0.05, 0) is 45.8 Å². The number of carbonyl (C=O) groups is 1. The van der Waals surface area contributed by atoms with Gasteiger partial charge in [-0.1, -0.05) is 6.07 Å². The number of ether oxygens (including phenoxy) is 3. The molecule has 8 heteroatoms. The minimum Gasteiger partial charge on any atom is -0.457 e. The van der Waals surface area contributed by atoms with Gasteiger partial charge < -0.3 is 14.2 Å². The van der Waals surface area contributed by atoms with Crippen LogP contribution in [-0.4, -0.2) is 28.2 Å². The molecule has 0 aliphatic carbocycles. The van der Waals surface area contributed by atoms with Crippen molar-refractivity contribution in [3.05, 3.63) is 45.9 Å². The van der Waals surface area contributed by atoms with Gasteiger partial charge in [0.2, 0.25) is 6.79 Å². The Hall–Kier alpha value is -2.61. The topological polar surface area (TPSA) is 86.3 Å². The van der Waals surface area contributed by atoms with E-state index in [1.165, 1.54) is 0 Å². The molecule has 1 N–H and O–H groups in total. The third kappa shape index (κ3) is 2.50. The SMILES string of the molecule is O=C(OCc1cc(Br)c2c(c1)OCO2)c1cccc2n[nH]nc12. The van der Waals surface area contributed by atoms with E-state index in [0.717, 1.165) is 10.0 Å². The lowest BCUT2D eigenvalue weighted by Crippen LogP contribution is -2.06. The lowest BCUT2D eigenvalue weighted by atomic mass is 10.2. The maximum Gasteiger partial charge on any atom is 0.340 e. The van der Waals surface area contributed by atoms with Gasteiger partial charge >= 0.3 is 5.97 Å². The van der Waals surface area contributed by atoms with Crippen LogP contribution in [0.4, 0.5) is 0 Å². The number of H-pyrrole nitrogens is 1. The number of benzene rings is 2. The van der Waals surface area contributed by atoms with Crippen LogP contribution >= 0.6 is 15.9 Å². The van der Waals surface area contributed by atoms with Gasteiger partial charge in [-0.25, -0.2) is 4.79 Å². The minimum absolute atomic E-state index is 0.113. The van der Waals surface area contributed by atoms with Crippen molar-refractivity contribution in [1.29, 1.82) is 0 Å². The molecule has 2 aromatic carbocycles. The predicted octanol–water partition coefficient (Wildman–Crippen LogP) is 2.81. The molecule has 0 bridgehead atoms. The summed E-state index contributed by atoms with van der Waals surface area (Å²) in [7, 11) is 0. The summed E-state index contributed by atoms with van der Waals surface area (Å²) in [6.45, 7) is 0.299. The van der Waals surface area contributed by atoms with Crippen LogP contribution in [0.15, 0.2) is 34.8 Å². The predicted molar refractivity (Wildman–Crippen MR) is 83.3 cm³/mol. The highest BCUT2D eigenvalue weighted by molar-refractivity contribution is 9.10. The molecule has 1 aromatic heterocycles. The molecule has 3 aromatic rings. The summed E-state index contributed by atoms with van der Waals surface area (Å²) in [5.74, 6) is 0.828. The number of nitrogens with one attached hydrogen (secondary N) is 1. The van der Waals surface area contributed by atoms with Gasteiger partial charge in [-0.2, -0.15) is 15.4 Å². The molecule has 0 fully saturated rings. The van der Waals surface area contributed by atoms with E-state index in [-0.39, 0.29) is 13.4 Å². The zero-order valence-electron chi connectivity index (χ0n) is 11.7. The smallest absolute Gasteiger partial charge is 0.340 e. The number of nitrogens with zero attached hydrogens (tertiary/aromatic N) is 2. The van der Waals surface area contributed by atoms with Crippen molar-refractivity contribution in [1.82, 2.24) is 15.4 Å². The second-order valence-corrected chi connectivity index (χ2v) is 5.74. The van der Waals surface area contributed by atoms with Crippen LogP contribution in [0, 0.1) is 0 Å². The van der Waals surface area contributed by atoms with E-state index in [1.807, 2.05) is 6.07 Å². The van der Waals surface area contributed by atoms with Gasteiger partial charge in [-0.15, -0.1) is 0 Å². The highest BCUT2D eigenvalue weighted by Crippen LogP contribution is 2.40. The highest BCUT2D eigenvalue weighted by Gasteiger charge is 2.19. The highest BCUT2D eigenvalue weighted by atomic mass is 79.9. The third-order valence-corrected chi connectivity index (χ3v) is 4.01. The average molecular weight is 376 g/mol. The number of rotatable bonds is 3. The van der Waals surface area contributed by atoms with Gasteiger partial charge in [0.05, 0.1) is 10.0 Å². The summed E-state index contributed by atoms with van der Waals surface area (Å²) in [5, 5.41) is 10.4. The maximum atomic E-state index is 12.3. The van der Waals surface area contributed by atoms with Crippen molar-refractivity contribution in [3.63, 3.8) is 0 Å². The molecule has 1 aliphatic rings. The van der Waals surface area contributed by atoms with Crippen LogP contribution in [-0.2, 0) is 11.3 Å². The Labute approximate surface area is 138 Å². The molecule has 0 saturated heterocycles. The van der Waals surface area contributed by atoms with Gasteiger partial charge in [0.15, 0.2) is 11.5 Å². The Morgan fingerprint density at radius 1 is 1.30 bits per heavy atom. The quantitative estimate of drug-likeness (QED) is 0.708. The fraction of sp³-hybridized carbons (Fsp3) is 0.133. The number of aromatic amines is 1. The van der Waals surface area contributed by atoms with E-state index >= 15 is 0 Å². The van der Waals surface area contributed by atoms with Crippen molar-refractivity contribution in [3.8, 4) is 11.5 Å². The monoisotopic (exact) mass is 375 g/mol. The van der Waals surface area contributed by atoms with Crippen LogP contribution in [0.1, 0.15) is 15.9 Å². The molecule has 2 heterocycles. The molecule has 0 radical (unpaired) electrons. The van der Waals surface area contributed by atoms with Crippen molar-refractivity contribution in [2.45, 2.75) is 6.61 Å². The number of carbonyl (C=O) groups excluding carboxylic acids is 1. The first-order valence-corrected chi connectivity index (χ1v) is 7.56. The molecule has 0 saturated carbocycles. The van der Waals surface area contributed by atoms with Crippen molar-refractivity contribution >= 4 is 32.9 Å². The molecule has 116 valence electrons. The molecule has 0 atom stereocenters. The first-order chi connectivity index (χ1) is 11.2. The molecule has 0 spiro atoms. The summed E-state index contributed by atoms with van der Waals surface area (Å²) < 4.78 is 16.8. The lowest BCUT2D eigenvalue weighted by molar-refractivity contribution is 0.0474. The zero-order valence-corrected chi connectivity index (χ0v) is 13.3. The number of hydrogen-bond acceptors (Lipinski definition) is 6. The first-order valence-electron chi connectivity index (χ1n) is 6.77. The van der Waals surface area contributed by atoms with E-state index in [4.69, 9.17) is 14.2 Å². The van der Waals surface area contributed by atoms with Crippen LogP contribution < -0.4 is 9.47 Å². The Balaban J connectivity index is 1.54. The van der Waals surface area contributed by atoms with Crippen molar-refractivity contribution in [2.24, 2.45) is 0 Å². The number of halogens is 1. The van der Waals surface area contributed by atoms with Crippen LogP contribution in [0.5, 0.6) is 11.5 Å². The standard InChI is InChI=1S/C15H10BrN3O4/c16-10-4-8(5-12-14(10)23-7-22-12)6-21-15(20)9-2-1-3-11-13(9)18-19-17-11/h1-5H,6-7H2,(H,17,18,19). The molecular weight excluding hydrogens is 366 g/mol. The molecular formula is C15H10BrN3O4. The van der Waals surface area contributed by atoms with Gasteiger partial charge in [0.25, 0.3) is 0 Å². The summed E-state index contributed by atoms with van der Waals surface area (Å²) in [4.78, 5) is 12.3. The Morgan fingerprint density at radius 3 is 3.13 bits per heavy atom. The molecule has 4 rings (SSSR count). The second kappa shape index (κ2) is 5.54. The average Bonchev–Trinajstić information content (AvgIpc) is 3.20. The number of hydrogen-bond donors (Lipinski definition) is 1. The van der Waals surface area contributed by atoms with E-state index in [9.17, 15) is 4.79 Å². The Morgan fingerprint density at radius 2 is 2.22 bits per heavy atom. The van der Waals surface area contributed by atoms with Crippen LogP contribution in [0.3, 0.4) is 0 Å². The normalized spacial score (nSPS) is 12.6. The largest absolute Gasteiger partial charge is 0.457 e. The lowest BCUT2D eigenvalue weighted by Gasteiger charge is -2.07. The molecule has 7 nitrogen and oxygen atoms in total. The molecule has 0 amide bonds. The number of esters is 1. The Bertz CT molecular complexity index is 909. The van der Waals surface area contributed by atoms with Crippen LogP contribution in [0.25, 0.3) is 11.0 Å². The summed E-state index contributed by atoms with van der Waals surface area (Å²) in [6.07, 6.45) is 0. The third-order valence-electron chi connectivity index (χ3n) is 3.42. The van der Waals surface area contributed by atoms with Gasteiger partial charge in [0, 0.05) is 0 Å². The summed E-state index contributed by atoms with van der Waals surface area (Å²) in [5.41, 5.74) is 2.27. The fourth-order valence-corrected chi connectivity index (χ4v) is 2.97. The fourth-order valence-electron chi connectivity index (χ4n) is 2.36. The number of aromatic nitrogens is 3. The summed E-state index contributed by atoms with van der Waals surface area (Å²) >= 11 is 3.41. The number of para-hydroxylation sites is 1. The Kier molecular flexibility index (Phi) is 3.38. The van der Waals surface area contributed by atoms with Crippen LogP contribution in [0.2, 0.25) is 0 Å². The number of fused-ring (bicyclic) bond motifs is 2. The van der Waals surface area contributed by atoms with Crippen molar-refractivity contribution in [2.75, 3.05) is 6.79 Å². The second-order valence-electron chi connectivity index (χ2n) is 4.88. The van der Waals surface area contributed by atoms with Gasteiger partial charge in [-0.3, -0.25) is 0 Å². The molecule has 23 heavy (non-hydrogen) atoms. The van der Waals surface area contributed by atoms with E-state index in [0.29, 0.717) is 28.1 Å². The van der Waals surface area contributed by atoms with Crippen molar-refractivity contribution < 1.29 is 19.0 Å².